The molecule has 4 aliphatic heterocycles. The Labute approximate surface area is 346 Å². The van der Waals surface area contributed by atoms with E-state index in [-0.39, 0.29) is 54.1 Å². The number of hydrogen-bond acceptors (Lipinski definition) is 10. The molecule has 322 valence electrons. The van der Waals surface area contributed by atoms with Gasteiger partial charge < -0.3 is 40.1 Å². The number of carbonyl (C=O) groups is 5. The monoisotopic (exact) mass is 848 g/mol. The topological polar surface area (TPSA) is 161 Å². The minimum atomic E-state index is -4.81. The Bertz CT molecular complexity index is 1880. The number of ether oxygens (including phenoxy) is 2. The number of nitrogens with one attached hydrogen (secondary N) is 1. The summed E-state index contributed by atoms with van der Waals surface area (Å²) in [6.07, 6.45) is -4.64. The average molecular weight is 849 g/mol. The Morgan fingerprint density at radius 3 is 2.17 bits per heavy atom. The number of para-hydroxylation sites is 1. The maximum absolute atomic E-state index is 14.2. The van der Waals surface area contributed by atoms with Gasteiger partial charge in [-0.3, -0.25) is 19.4 Å². The molecule has 2 atom stereocenters. The zero-order valence-corrected chi connectivity index (χ0v) is 34.3. The van der Waals surface area contributed by atoms with Crippen molar-refractivity contribution in [3.05, 3.63) is 58.1 Å². The second kappa shape index (κ2) is 18.6. The van der Waals surface area contributed by atoms with Crippen LogP contribution in [0.1, 0.15) is 42.4 Å². The molecule has 4 heterocycles. The summed E-state index contributed by atoms with van der Waals surface area (Å²) in [5, 5.41) is 2.64. The van der Waals surface area contributed by atoms with E-state index in [0.29, 0.717) is 77.9 Å². The van der Waals surface area contributed by atoms with Gasteiger partial charge in [-0.1, -0.05) is 29.8 Å². The van der Waals surface area contributed by atoms with Crippen molar-refractivity contribution in [3.8, 4) is 0 Å². The lowest BCUT2D eigenvalue weighted by atomic mass is 9.99. The molecule has 59 heavy (non-hydrogen) atoms. The number of urea groups is 1. The van der Waals surface area contributed by atoms with Crippen molar-refractivity contribution in [2.45, 2.75) is 68.9 Å². The summed E-state index contributed by atoms with van der Waals surface area (Å²) in [6.45, 7) is 3.70. The number of nitrogens with two attached hydrogens (primary N) is 1. The fourth-order valence-electron chi connectivity index (χ4n) is 8.49. The zero-order chi connectivity index (χ0) is 42.6. The van der Waals surface area contributed by atoms with E-state index >= 15 is 0 Å². The number of rotatable bonds is 9. The third-order valence-electron chi connectivity index (χ3n) is 11.8. The number of esters is 1. The summed E-state index contributed by atoms with van der Waals surface area (Å²) in [5.41, 5.74) is 5.73. The molecule has 0 aliphatic carbocycles. The Kier molecular flexibility index (Phi) is 13.8. The summed E-state index contributed by atoms with van der Waals surface area (Å²) in [6, 6.07) is 8.41. The number of anilines is 2. The zero-order valence-electron chi connectivity index (χ0n) is 33.5. The minimum absolute atomic E-state index is 0.0281. The van der Waals surface area contributed by atoms with Crippen molar-refractivity contribution in [1.82, 2.24) is 29.4 Å². The van der Waals surface area contributed by atoms with E-state index in [4.69, 9.17) is 26.8 Å². The molecule has 0 saturated carbocycles. The van der Waals surface area contributed by atoms with Crippen LogP contribution in [-0.4, -0.2) is 164 Å². The molecule has 19 heteroatoms. The number of benzene rings is 2. The van der Waals surface area contributed by atoms with Gasteiger partial charge in [-0.25, -0.2) is 14.4 Å². The van der Waals surface area contributed by atoms with Gasteiger partial charge in [0.1, 0.15) is 0 Å². The Morgan fingerprint density at radius 2 is 1.54 bits per heavy atom. The van der Waals surface area contributed by atoms with Crippen LogP contribution >= 0.6 is 11.6 Å². The predicted octanol–water partition coefficient (Wildman–Crippen LogP) is 3.78. The number of piperazine rings is 1. The predicted molar refractivity (Wildman–Crippen MR) is 213 cm³/mol. The second-order valence-electron chi connectivity index (χ2n) is 15.6. The Balaban J connectivity index is 1.09. The van der Waals surface area contributed by atoms with Gasteiger partial charge in [0.25, 0.3) is 11.8 Å². The van der Waals surface area contributed by atoms with E-state index in [0.717, 1.165) is 17.3 Å². The molecule has 2 aromatic rings. The largest absolute Gasteiger partial charge is 0.467 e. The number of carbonyl (C=O) groups excluding carboxylic acids is 5. The van der Waals surface area contributed by atoms with Crippen LogP contribution in [0.4, 0.5) is 34.1 Å². The number of piperidine rings is 2. The number of likely N-dealkylation sites (N-methyl/N-ethyl adjacent to an activating group) is 1. The number of amides is 5. The molecule has 6 rings (SSSR count). The number of methoxy groups -OCH3 is 1. The van der Waals surface area contributed by atoms with E-state index in [1.54, 1.807) is 23.9 Å². The minimum Gasteiger partial charge on any atom is -0.467 e. The number of nitrogens with zero attached hydrogens (tertiary/aromatic N) is 6. The summed E-state index contributed by atoms with van der Waals surface area (Å²) >= 11 is 6.14. The van der Waals surface area contributed by atoms with Gasteiger partial charge in [0.15, 0.2) is 12.1 Å². The SMILES string of the molecule is COC(=O)[C@@H](C(=O)N(C)C)N1CCN(C2CCN(C(=O)C(Cc3cc(Cl)c(N)c(C(F)(F)F)c3)OC(=O)N3CCC(N4CCc5ccccc5NC4=O)CC3)CC2)CC1. The summed E-state index contributed by atoms with van der Waals surface area (Å²) < 4.78 is 52.6. The first-order chi connectivity index (χ1) is 28.0. The van der Waals surface area contributed by atoms with E-state index in [9.17, 15) is 37.1 Å². The average Bonchev–Trinajstić information content (AvgIpc) is 3.39. The highest BCUT2D eigenvalue weighted by atomic mass is 35.5. The molecule has 3 saturated heterocycles. The molecule has 0 aromatic heterocycles. The lowest BCUT2D eigenvalue weighted by Crippen LogP contribution is -2.60. The fraction of sp³-hybridized carbons (Fsp3) is 0.575. The van der Waals surface area contributed by atoms with Crippen LogP contribution < -0.4 is 11.1 Å². The number of halogens is 4. The van der Waals surface area contributed by atoms with Crippen LogP contribution in [0.5, 0.6) is 0 Å². The smallest absolute Gasteiger partial charge is 0.418 e. The standard InChI is InChI=1S/C40H52ClF3N8O7/c1-47(2)36(54)34(37(55)58-3)49-20-18-48(19-21-49)27-9-13-50(14-10-27)35(53)32(24-25-22-29(40(42,43)44)33(45)30(41)23-25)59-39(57)51-15-11-28(12-16-51)52-17-8-26-6-4-5-7-31(26)46-38(52)56/h4-7,22-23,27-28,32,34H,8-21,24,45H2,1-3H3,(H,46,56)/t32?,34-/m1/s1. The highest BCUT2D eigenvalue weighted by Gasteiger charge is 2.41. The number of alkyl halides is 3. The van der Waals surface area contributed by atoms with E-state index < -0.39 is 47.5 Å². The first-order valence-electron chi connectivity index (χ1n) is 19.9. The van der Waals surface area contributed by atoms with Crippen molar-refractivity contribution >= 4 is 52.9 Å². The van der Waals surface area contributed by atoms with Crippen LogP contribution in [0, 0.1) is 0 Å². The van der Waals surface area contributed by atoms with Gasteiger partial charge in [0, 0.05) is 97.2 Å². The van der Waals surface area contributed by atoms with Crippen molar-refractivity contribution < 1.29 is 46.6 Å². The quantitative estimate of drug-likeness (QED) is 0.216. The van der Waals surface area contributed by atoms with Crippen molar-refractivity contribution in [2.75, 3.05) is 91.2 Å². The molecule has 2 aromatic carbocycles. The first kappa shape index (κ1) is 43.8. The third kappa shape index (κ3) is 10.1. The first-order valence-corrected chi connectivity index (χ1v) is 20.3. The number of nitrogen functional groups attached to an aromatic ring is 1. The molecule has 4 aliphatic rings. The van der Waals surface area contributed by atoms with Gasteiger partial charge >= 0.3 is 24.3 Å². The van der Waals surface area contributed by atoms with E-state index in [2.05, 4.69) is 10.2 Å². The van der Waals surface area contributed by atoms with Crippen LogP contribution in [-0.2, 0) is 42.9 Å². The maximum Gasteiger partial charge on any atom is 0.418 e. The van der Waals surface area contributed by atoms with Gasteiger partial charge in [-0.2, -0.15) is 13.2 Å². The Morgan fingerprint density at radius 1 is 0.915 bits per heavy atom. The highest BCUT2D eigenvalue weighted by molar-refractivity contribution is 6.33. The molecule has 3 fully saturated rings. The van der Waals surface area contributed by atoms with Gasteiger partial charge in [0.2, 0.25) is 0 Å². The molecule has 15 nitrogen and oxygen atoms in total. The fourth-order valence-corrected chi connectivity index (χ4v) is 8.73. The Hall–Kier alpha value is -4.81. The highest BCUT2D eigenvalue weighted by Crippen LogP contribution is 2.38. The lowest BCUT2D eigenvalue weighted by Gasteiger charge is -2.44. The van der Waals surface area contributed by atoms with Gasteiger partial charge in [0.05, 0.1) is 23.4 Å². The van der Waals surface area contributed by atoms with Crippen LogP contribution in [0.3, 0.4) is 0 Å². The lowest BCUT2D eigenvalue weighted by molar-refractivity contribution is -0.156. The molecule has 5 amide bonds. The molecular weight excluding hydrogens is 797 g/mol. The van der Waals surface area contributed by atoms with Crippen LogP contribution in [0.25, 0.3) is 0 Å². The van der Waals surface area contributed by atoms with E-state index in [1.165, 1.54) is 23.0 Å². The van der Waals surface area contributed by atoms with E-state index in [1.807, 2.05) is 29.2 Å². The van der Waals surface area contributed by atoms with Crippen molar-refractivity contribution in [3.63, 3.8) is 0 Å². The molecule has 3 N–H and O–H groups in total. The van der Waals surface area contributed by atoms with Crippen LogP contribution in [0.15, 0.2) is 36.4 Å². The van der Waals surface area contributed by atoms with Crippen molar-refractivity contribution in [1.29, 1.82) is 0 Å². The summed E-state index contributed by atoms with van der Waals surface area (Å²) in [5.74, 6) is -1.52. The second-order valence-corrected chi connectivity index (χ2v) is 16.1. The summed E-state index contributed by atoms with van der Waals surface area (Å²) in [7, 11) is 4.42. The third-order valence-corrected chi connectivity index (χ3v) is 12.2. The van der Waals surface area contributed by atoms with Crippen LogP contribution in [0.2, 0.25) is 5.02 Å². The van der Waals surface area contributed by atoms with Gasteiger partial charge in [-0.05, 0) is 61.4 Å². The number of hydrogen-bond donors (Lipinski definition) is 2. The molecule has 0 bridgehead atoms. The maximum atomic E-state index is 14.2. The number of fused-ring (bicyclic) bond motifs is 1. The summed E-state index contributed by atoms with van der Waals surface area (Å²) in [4.78, 5) is 76.6. The molecule has 0 radical (unpaired) electrons. The molecular formula is C40H52ClF3N8O7. The van der Waals surface area contributed by atoms with Crippen molar-refractivity contribution in [2.24, 2.45) is 0 Å². The molecule has 1 unspecified atom stereocenters. The van der Waals surface area contributed by atoms with Gasteiger partial charge in [-0.15, -0.1) is 0 Å². The normalized spacial score (nSPS) is 19.9. The number of likely N-dealkylation sites (tertiary alicyclic amines) is 2. The molecule has 0 spiro atoms.